The molecule has 0 atom stereocenters. The topological polar surface area (TPSA) is 63.0 Å². The number of hydrogen-bond acceptors (Lipinski definition) is 4. The van der Waals surface area contributed by atoms with Crippen LogP contribution in [0, 0.1) is 6.92 Å². The van der Waals surface area contributed by atoms with Crippen molar-refractivity contribution in [3.05, 3.63) is 57.0 Å². The molecule has 3 rings (SSSR count). The van der Waals surface area contributed by atoms with Crippen molar-refractivity contribution in [3.8, 4) is 0 Å². The van der Waals surface area contributed by atoms with Gasteiger partial charge in [0.2, 0.25) is 5.78 Å². The van der Waals surface area contributed by atoms with Gasteiger partial charge in [-0.05, 0) is 24.6 Å². The van der Waals surface area contributed by atoms with Crippen molar-refractivity contribution in [2.75, 3.05) is 0 Å². The smallest absolute Gasteiger partial charge is 0.252 e. The van der Waals surface area contributed by atoms with Crippen molar-refractivity contribution in [1.82, 2.24) is 19.6 Å². The van der Waals surface area contributed by atoms with Crippen molar-refractivity contribution >= 4 is 29.1 Å². The van der Waals surface area contributed by atoms with E-state index in [9.17, 15) is 4.79 Å². The number of aromatic amines is 1. The van der Waals surface area contributed by atoms with E-state index in [1.54, 1.807) is 11.8 Å². The number of aryl methyl sites for hydroxylation is 1. The predicted octanol–water partition coefficient (Wildman–Crippen LogP) is 2.67. The lowest BCUT2D eigenvalue weighted by Gasteiger charge is -2.03. The molecule has 0 amide bonds. The minimum absolute atomic E-state index is 0.172. The van der Waals surface area contributed by atoms with Gasteiger partial charge in [-0.3, -0.25) is 14.2 Å². The molecule has 0 bridgehead atoms. The molecule has 2 aromatic heterocycles. The molecule has 2 heterocycles. The number of halogens is 1. The van der Waals surface area contributed by atoms with Gasteiger partial charge in [0.25, 0.3) is 5.56 Å². The van der Waals surface area contributed by atoms with Crippen LogP contribution >= 0.6 is 23.4 Å². The summed E-state index contributed by atoms with van der Waals surface area (Å²) < 4.78 is 1.83. The van der Waals surface area contributed by atoms with Gasteiger partial charge in [-0.25, -0.2) is 0 Å². The molecule has 3 aromatic rings. The average molecular weight is 307 g/mol. The highest BCUT2D eigenvalue weighted by Gasteiger charge is 2.09. The molecule has 0 unspecified atom stereocenters. The number of hydrogen-bond donors (Lipinski definition) is 1. The van der Waals surface area contributed by atoms with Crippen molar-refractivity contribution in [2.45, 2.75) is 17.8 Å². The summed E-state index contributed by atoms with van der Waals surface area (Å²) in [7, 11) is 0. The van der Waals surface area contributed by atoms with Crippen LogP contribution in [0.3, 0.4) is 0 Å². The molecule has 0 aliphatic carbocycles. The third-order valence-electron chi connectivity index (χ3n) is 2.82. The van der Waals surface area contributed by atoms with E-state index in [4.69, 9.17) is 11.6 Å². The van der Waals surface area contributed by atoms with Gasteiger partial charge in [-0.1, -0.05) is 35.5 Å². The van der Waals surface area contributed by atoms with Crippen LogP contribution in [0.5, 0.6) is 0 Å². The van der Waals surface area contributed by atoms with Crippen LogP contribution in [-0.2, 0) is 5.75 Å². The first kappa shape index (κ1) is 13.2. The molecule has 0 aliphatic heterocycles. The lowest BCUT2D eigenvalue weighted by Crippen LogP contribution is -2.09. The zero-order valence-electron chi connectivity index (χ0n) is 10.6. The third kappa shape index (κ3) is 2.57. The van der Waals surface area contributed by atoms with Crippen LogP contribution in [-0.4, -0.2) is 19.6 Å². The lowest BCUT2D eigenvalue weighted by atomic mass is 10.2. The second-order valence-electron chi connectivity index (χ2n) is 4.34. The van der Waals surface area contributed by atoms with Gasteiger partial charge in [0.05, 0.1) is 0 Å². The Morgan fingerprint density at radius 2 is 2.20 bits per heavy atom. The maximum Gasteiger partial charge on any atom is 0.252 e. The van der Waals surface area contributed by atoms with Gasteiger partial charge >= 0.3 is 0 Å². The molecule has 0 radical (unpaired) electrons. The van der Waals surface area contributed by atoms with Crippen molar-refractivity contribution < 1.29 is 0 Å². The SMILES string of the molecule is Cc1cc(=O)[nH]c2nnc(SCc3cccc(Cl)c3)n12. The standard InChI is InChI=1S/C13H11ClN4OS/c1-8-5-11(19)15-12-16-17-13(18(8)12)20-7-9-3-2-4-10(14)6-9/h2-6H,7H2,1H3,(H,15,16,19). The van der Waals surface area contributed by atoms with Crippen molar-refractivity contribution in [1.29, 1.82) is 0 Å². The number of nitrogens with one attached hydrogen (secondary N) is 1. The van der Waals surface area contributed by atoms with E-state index < -0.39 is 0 Å². The number of benzene rings is 1. The number of rotatable bonds is 3. The highest BCUT2D eigenvalue weighted by Crippen LogP contribution is 2.23. The van der Waals surface area contributed by atoms with Crippen LogP contribution in [0.2, 0.25) is 5.02 Å². The van der Waals surface area contributed by atoms with E-state index >= 15 is 0 Å². The summed E-state index contributed by atoms with van der Waals surface area (Å²) >= 11 is 7.51. The van der Waals surface area contributed by atoms with E-state index in [-0.39, 0.29) is 5.56 Å². The molecule has 1 aromatic carbocycles. The Kier molecular flexibility index (Phi) is 3.50. The molecule has 0 spiro atoms. The number of nitrogens with zero attached hydrogens (tertiary/aromatic N) is 3. The van der Waals surface area contributed by atoms with E-state index in [2.05, 4.69) is 15.2 Å². The van der Waals surface area contributed by atoms with Crippen LogP contribution in [0.4, 0.5) is 0 Å². The zero-order chi connectivity index (χ0) is 14.1. The Morgan fingerprint density at radius 1 is 1.35 bits per heavy atom. The molecule has 0 saturated carbocycles. The van der Waals surface area contributed by atoms with Gasteiger partial charge in [0.15, 0.2) is 5.16 Å². The fourth-order valence-corrected chi connectivity index (χ4v) is 3.08. The molecule has 0 fully saturated rings. The van der Waals surface area contributed by atoms with Gasteiger partial charge in [0, 0.05) is 22.5 Å². The van der Waals surface area contributed by atoms with E-state index in [1.165, 1.54) is 6.07 Å². The summed E-state index contributed by atoms with van der Waals surface area (Å²) in [6.45, 7) is 1.86. The number of H-pyrrole nitrogens is 1. The second kappa shape index (κ2) is 5.30. The summed E-state index contributed by atoms with van der Waals surface area (Å²) in [6, 6.07) is 9.23. The zero-order valence-corrected chi connectivity index (χ0v) is 12.2. The van der Waals surface area contributed by atoms with Crippen LogP contribution in [0.25, 0.3) is 5.78 Å². The first-order valence-electron chi connectivity index (χ1n) is 5.96. The van der Waals surface area contributed by atoms with Gasteiger partial charge < -0.3 is 0 Å². The summed E-state index contributed by atoms with van der Waals surface area (Å²) in [5.74, 6) is 1.20. The van der Waals surface area contributed by atoms with Gasteiger partial charge in [-0.15, -0.1) is 10.2 Å². The maximum absolute atomic E-state index is 11.4. The molecule has 102 valence electrons. The Balaban J connectivity index is 1.90. The maximum atomic E-state index is 11.4. The Bertz CT molecular complexity index is 827. The summed E-state index contributed by atoms with van der Waals surface area (Å²) in [5, 5.41) is 9.55. The minimum atomic E-state index is -0.172. The third-order valence-corrected chi connectivity index (χ3v) is 4.05. The molecule has 0 aliphatic rings. The highest BCUT2D eigenvalue weighted by atomic mass is 35.5. The quantitative estimate of drug-likeness (QED) is 0.756. The van der Waals surface area contributed by atoms with Crippen LogP contribution in [0.1, 0.15) is 11.3 Å². The minimum Gasteiger partial charge on any atom is -0.291 e. The second-order valence-corrected chi connectivity index (χ2v) is 5.71. The summed E-state index contributed by atoms with van der Waals surface area (Å²) in [4.78, 5) is 14.0. The van der Waals surface area contributed by atoms with E-state index in [0.717, 1.165) is 27.2 Å². The fraction of sp³-hybridized carbons (Fsp3) is 0.154. The molecular formula is C13H11ClN4OS. The predicted molar refractivity (Wildman–Crippen MR) is 79.4 cm³/mol. The Hall–Kier alpha value is -1.79. The lowest BCUT2D eigenvalue weighted by molar-refractivity contribution is 0.886. The first-order valence-corrected chi connectivity index (χ1v) is 7.32. The van der Waals surface area contributed by atoms with Crippen molar-refractivity contribution in [2.24, 2.45) is 0 Å². The van der Waals surface area contributed by atoms with Crippen LogP contribution in [0.15, 0.2) is 40.3 Å². The highest BCUT2D eigenvalue weighted by molar-refractivity contribution is 7.98. The Labute approximate surface area is 124 Å². The summed E-state index contributed by atoms with van der Waals surface area (Å²) in [5.41, 5.74) is 1.75. The monoisotopic (exact) mass is 306 g/mol. The summed E-state index contributed by atoms with van der Waals surface area (Å²) in [6.07, 6.45) is 0. The van der Waals surface area contributed by atoms with Gasteiger partial charge in [-0.2, -0.15) is 0 Å². The molecule has 7 heteroatoms. The molecule has 1 N–H and O–H groups in total. The molecular weight excluding hydrogens is 296 g/mol. The molecule has 5 nitrogen and oxygen atoms in total. The van der Waals surface area contributed by atoms with Gasteiger partial charge in [0.1, 0.15) is 0 Å². The number of aromatic nitrogens is 4. The molecule has 20 heavy (non-hydrogen) atoms. The first-order chi connectivity index (χ1) is 9.63. The van der Waals surface area contributed by atoms with E-state index in [0.29, 0.717) is 5.78 Å². The van der Waals surface area contributed by atoms with Crippen LogP contribution < -0.4 is 5.56 Å². The number of fused-ring (bicyclic) bond motifs is 1. The van der Waals surface area contributed by atoms with Crippen molar-refractivity contribution in [3.63, 3.8) is 0 Å². The number of thioether (sulfide) groups is 1. The average Bonchev–Trinajstić information content (AvgIpc) is 2.79. The normalized spacial score (nSPS) is 11.1. The fourth-order valence-electron chi connectivity index (χ4n) is 1.94. The van der Waals surface area contributed by atoms with E-state index in [1.807, 2.05) is 35.6 Å². The molecule has 0 saturated heterocycles. The largest absolute Gasteiger partial charge is 0.291 e. The Morgan fingerprint density at radius 3 is 3.00 bits per heavy atom.